The zero-order valence-corrected chi connectivity index (χ0v) is 10.8. The molecule has 3 N–H and O–H groups in total. The van der Waals surface area contributed by atoms with Gasteiger partial charge in [-0.2, -0.15) is 0 Å². The summed E-state index contributed by atoms with van der Waals surface area (Å²) >= 11 is 6.63. The number of nitrogens with two attached hydrogens (primary N) is 1. The van der Waals surface area contributed by atoms with Crippen LogP contribution in [0.5, 0.6) is 0 Å². The smallest absolute Gasteiger partial charge is 0.183 e. The average Bonchev–Trinajstić information content (AvgIpc) is 2.48. The largest absolute Gasteiger partial charge is 0.451 e. The average molecular weight is 324 g/mol. The summed E-state index contributed by atoms with van der Waals surface area (Å²) in [5, 5.41) is 3.20. The van der Waals surface area contributed by atoms with Gasteiger partial charge in [0.1, 0.15) is 5.76 Å². The van der Waals surface area contributed by atoms with E-state index in [9.17, 15) is 0 Å². The maximum Gasteiger partial charge on any atom is 0.183 e. The Morgan fingerprint density at radius 3 is 2.79 bits per heavy atom. The summed E-state index contributed by atoms with van der Waals surface area (Å²) < 4.78 is 7.04. The molecule has 1 atom stereocenters. The van der Waals surface area contributed by atoms with Gasteiger partial charge < -0.3 is 15.5 Å². The van der Waals surface area contributed by atoms with E-state index in [2.05, 4.69) is 43.8 Å². The van der Waals surface area contributed by atoms with Crippen LogP contribution in [0, 0.1) is 0 Å². The molecule has 0 aromatic carbocycles. The van der Waals surface area contributed by atoms with E-state index in [4.69, 9.17) is 10.2 Å². The van der Waals surface area contributed by atoms with Crippen LogP contribution in [0.2, 0.25) is 0 Å². The minimum atomic E-state index is 0.0237. The van der Waals surface area contributed by atoms with Crippen LogP contribution in [0.4, 0.5) is 0 Å². The summed E-state index contributed by atoms with van der Waals surface area (Å²) in [5.74, 6) is 0.813. The van der Waals surface area contributed by atoms with Gasteiger partial charge in [0, 0.05) is 13.1 Å². The summed E-state index contributed by atoms with van der Waals surface area (Å²) in [6.45, 7) is 4.82. The van der Waals surface area contributed by atoms with E-state index in [-0.39, 0.29) is 6.04 Å². The van der Waals surface area contributed by atoms with E-state index in [0.717, 1.165) is 10.2 Å². The lowest BCUT2D eigenvalue weighted by atomic mass is 10.2. The third kappa shape index (κ3) is 2.95. The van der Waals surface area contributed by atoms with Gasteiger partial charge in [0.25, 0.3) is 0 Å². The Labute approximate surface area is 100.0 Å². The fraction of sp³-hybridized carbons (Fsp3) is 0.333. The first kappa shape index (κ1) is 12.0. The minimum absolute atomic E-state index is 0.0237. The van der Waals surface area contributed by atoms with Gasteiger partial charge in [0.15, 0.2) is 4.67 Å². The fourth-order valence-corrected chi connectivity index (χ4v) is 1.67. The lowest BCUT2D eigenvalue weighted by Gasteiger charge is -2.12. The number of hydrogen-bond donors (Lipinski definition) is 2. The Morgan fingerprint density at radius 2 is 2.36 bits per heavy atom. The molecule has 0 aliphatic heterocycles. The molecule has 0 aliphatic carbocycles. The Bertz CT molecular complexity index is 292. The van der Waals surface area contributed by atoms with Crippen LogP contribution in [0.15, 0.2) is 32.3 Å². The van der Waals surface area contributed by atoms with Gasteiger partial charge in [-0.25, -0.2) is 0 Å². The molecule has 1 rings (SSSR count). The lowest BCUT2D eigenvalue weighted by molar-refractivity contribution is 0.415. The number of nitrogens with one attached hydrogen (secondary N) is 1. The molecule has 0 saturated heterocycles. The predicted octanol–water partition coefficient (Wildman–Crippen LogP) is 2.58. The Hall–Kier alpha value is -0.100. The van der Waals surface area contributed by atoms with Crippen molar-refractivity contribution in [3.63, 3.8) is 0 Å². The molecule has 3 nitrogen and oxygen atoms in total. The van der Waals surface area contributed by atoms with E-state index in [0.29, 0.717) is 17.8 Å². The first-order chi connectivity index (χ1) is 6.69. The van der Waals surface area contributed by atoms with Crippen molar-refractivity contribution in [2.75, 3.05) is 13.1 Å². The van der Waals surface area contributed by atoms with E-state index in [1.54, 1.807) is 6.08 Å². The quantitative estimate of drug-likeness (QED) is 0.819. The van der Waals surface area contributed by atoms with Crippen LogP contribution in [0.25, 0.3) is 0 Å². The summed E-state index contributed by atoms with van der Waals surface area (Å²) in [5.41, 5.74) is 5.62. The summed E-state index contributed by atoms with van der Waals surface area (Å²) in [6, 6.07) is 1.92. The first-order valence-electron chi connectivity index (χ1n) is 4.18. The van der Waals surface area contributed by atoms with E-state index >= 15 is 0 Å². The second-order valence-electron chi connectivity index (χ2n) is 2.76. The van der Waals surface area contributed by atoms with Crippen molar-refractivity contribution >= 4 is 31.9 Å². The number of furan rings is 1. The molecule has 14 heavy (non-hydrogen) atoms. The summed E-state index contributed by atoms with van der Waals surface area (Å²) in [6.07, 6.45) is 1.79. The van der Waals surface area contributed by atoms with Crippen LogP contribution < -0.4 is 11.1 Å². The third-order valence-corrected chi connectivity index (χ3v) is 3.46. The fourth-order valence-electron chi connectivity index (χ4n) is 1.06. The standard InChI is InChI=1S/C9H12Br2N2O/c1-2-3-13-7(5-12)8-4-6(10)9(11)14-8/h2,4,7,13H,1,3,5,12H2. The van der Waals surface area contributed by atoms with Crippen molar-refractivity contribution in [3.05, 3.63) is 33.6 Å². The molecule has 1 aromatic heterocycles. The number of rotatable bonds is 5. The molecule has 1 unspecified atom stereocenters. The molecule has 0 bridgehead atoms. The first-order valence-corrected chi connectivity index (χ1v) is 5.76. The number of hydrogen-bond acceptors (Lipinski definition) is 3. The minimum Gasteiger partial charge on any atom is -0.451 e. The van der Waals surface area contributed by atoms with E-state index < -0.39 is 0 Å². The van der Waals surface area contributed by atoms with Crippen LogP contribution >= 0.6 is 31.9 Å². The second kappa shape index (κ2) is 5.70. The van der Waals surface area contributed by atoms with Gasteiger partial charge in [-0.3, -0.25) is 0 Å². The van der Waals surface area contributed by atoms with Gasteiger partial charge >= 0.3 is 0 Å². The lowest BCUT2D eigenvalue weighted by Crippen LogP contribution is -2.27. The second-order valence-corrected chi connectivity index (χ2v) is 4.33. The Balaban J connectivity index is 2.73. The Morgan fingerprint density at radius 1 is 1.64 bits per heavy atom. The van der Waals surface area contributed by atoms with Crippen molar-refractivity contribution in [3.8, 4) is 0 Å². The molecule has 0 saturated carbocycles. The molecule has 0 spiro atoms. The van der Waals surface area contributed by atoms with Crippen LogP contribution in [-0.4, -0.2) is 13.1 Å². The highest BCUT2D eigenvalue weighted by molar-refractivity contribution is 9.13. The molecular weight excluding hydrogens is 312 g/mol. The third-order valence-electron chi connectivity index (χ3n) is 1.75. The van der Waals surface area contributed by atoms with Gasteiger partial charge in [-0.15, -0.1) is 6.58 Å². The van der Waals surface area contributed by atoms with Gasteiger partial charge in [0.2, 0.25) is 0 Å². The van der Waals surface area contributed by atoms with Crippen LogP contribution in [0.1, 0.15) is 11.8 Å². The maximum atomic E-state index is 5.62. The SMILES string of the molecule is C=CCNC(CN)c1cc(Br)c(Br)o1. The molecule has 0 radical (unpaired) electrons. The topological polar surface area (TPSA) is 51.2 Å². The highest BCUT2D eigenvalue weighted by Gasteiger charge is 2.14. The van der Waals surface area contributed by atoms with Gasteiger partial charge in [-0.1, -0.05) is 6.08 Å². The van der Waals surface area contributed by atoms with Gasteiger partial charge in [0.05, 0.1) is 10.5 Å². The summed E-state index contributed by atoms with van der Waals surface area (Å²) in [4.78, 5) is 0. The number of halogens is 2. The molecule has 0 amide bonds. The summed E-state index contributed by atoms with van der Waals surface area (Å²) in [7, 11) is 0. The highest BCUT2D eigenvalue weighted by Crippen LogP contribution is 2.29. The van der Waals surface area contributed by atoms with E-state index in [1.165, 1.54) is 0 Å². The van der Waals surface area contributed by atoms with E-state index in [1.807, 2.05) is 6.07 Å². The van der Waals surface area contributed by atoms with Crippen molar-refractivity contribution in [1.82, 2.24) is 5.32 Å². The molecule has 0 fully saturated rings. The monoisotopic (exact) mass is 322 g/mol. The maximum absolute atomic E-state index is 5.62. The molecule has 0 aliphatic rings. The highest BCUT2D eigenvalue weighted by atomic mass is 79.9. The molecular formula is C9H12Br2N2O. The van der Waals surface area contributed by atoms with Crippen molar-refractivity contribution < 1.29 is 4.42 Å². The molecule has 1 aromatic rings. The van der Waals surface area contributed by atoms with Crippen LogP contribution in [-0.2, 0) is 0 Å². The van der Waals surface area contributed by atoms with Crippen molar-refractivity contribution in [1.29, 1.82) is 0 Å². The molecule has 5 heteroatoms. The molecule has 78 valence electrons. The molecule has 1 heterocycles. The van der Waals surface area contributed by atoms with Gasteiger partial charge in [-0.05, 0) is 37.9 Å². The van der Waals surface area contributed by atoms with Crippen molar-refractivity contribution in [2.24, 2.45) is 5.73 Å². The normalized spacial score (nSPS) is 12.8. The zero-order valence-electron chi connectivity index (χ0n) is 7.59. The van der Waals surface area contributed by atoms with Crippen molar-refractivity contribution in [2.45, 2.75) is 6.04 Å². The van der Waals surface area contributed by atoms with Crippen LogP contribution in [0.3, 0.4) is 0 Å². The predicted molar refractivity (Wildman–Crippen MR) is 64.1 cm³/mol. The zero-order chi connectivity index (χ0) is 10.6. The Kier molecular flexibility index (Phi) is 4.88.